The average Bonchev–Trinajstić information content (AvgIpc) is 2.25. The topological polar surface area (TPSA) is 41.1 Å². The van der Waals surface area contributed by atoms with Gasteiger partial charge in [0.05, 0.1) is 0 Å². The van der Waals surface area contributed by atoms with Crippen LogP contribution in [0.2, 0.25) is 5.02 Å². The first-order chi connectivity index (χ1) is 7.59. The van der Waals surface area contributed by atoms with Crippen LogP contribution in [-0.4, -0.2) is 19.0 Å². The normalized spacial score (nSPS) is 12.2. The van der Waals surface area contributed by atoms with Crippen molar-refractivity contribution in [2.75, 3.05) is 13.1 Å². The van der Waals surface area contributed by atoms with Gasteiger partial charge in [-0.05, 0) is 24.6 Å². The Bertz CT molecular complexity index is 337. The second-order valence-electron chi connectivity index (χ2n) is 3.71. The van der Waals surface area contributed by atoms with Crippen molar-refractivity contribution in [3.8, 4) is 0 Å². The zero-order chi connectivity index (χ0) is 12.0. The van der Waals surface area contributed by atoms with Crippen LogP contribution in [-0.2, 0) is 4.79 Å². The monoisotopic (exact) mass is 240 g/mol. The third kappa shape index (κ3) is 4.64. The van der Waals surface area contributed by atoms with E-state index in [1.165, 1.54) is 12.5 Å². The van der Waals surface area contributed by atoms with Crippen LogP contribution < -0.4 is 10.6 Å². The molecule has 0 aliphatic carbocycles. The highest BCUT2D eigenvalue weighted by atomic mass is 35.5. The van der Waals surface area contributed by atoms with Crippen LogP contribution in [0.4, 0.5) is 0 Å². The molecule has 1 aromatic rings. The number of amides is 1. The molecular weight excluding hydrogens is 224 g/mol. The minimum absolute atomic E-state index is 0.000876. The maximum Gasteiger partial charge on any atom is 0.216 e. The Morgan fingerprint density at radius 1 is 1.31 bits per heavy atom. The Hall–Kier alpha value is -1.06. The maximum atomic E-state index is 10.6. The van der Waals surface area contributed by atoms with E-state index in [0.29, 0.717) is 6.54 Å². The van der Waals surface area contributed by atoms with E-state index in [-0.39, 0.29) is 11.9 Å². The van der Waals surface area contributed by atoms with Crippen LogP contribution in [0.3, 0.4) is 0 Å². The Kier molecular flexibility index (Phi) is 5.29. The van der Waals surface area contributed by atoms with Crippen LogP contribution in [0.1, 0.15) is 25.5 Å². The van der Waals surface area contributed by atoms with E-state index in [4.69, 9.17) is 11.6 Å². The fourth-order valence-corrected chi connectivity index (χ4v) is 1.52. The molecule has 3 nitrogen and oxygen atoms in total. The molecule has 0 saturated carbocycles. The highest BCUT2D eigenvalue weighted by Crippen LogP contribution is 2.15. The molecule has 0 fully saturated rings. The van der Waals surface area contributed by atoms with Gasteiger partial charge >= 0.3 is 0 Å². The first-order valence-corrected chi connectivity index (χ1v) is 5.70. The second-order valence-corrected chi connectivity index (χ2v) is 4.15. The molecule has 1 amide bonds. The molecule has 0 saturated heterocycles. The van der Waals surface area contributed by atoms with E-state index in [2.05, 4.69) is 17.6 Å². The van der Waals surface area contributed by atoms with Crippen LogP contribution in [0, 0.1) is 0 Å². The standard InChI is InChI=1S/C12H17ClN2O/c1-9(14-7-8-15-10(2)16)11-3-5-12(13)6-4-11/h3-6,9,14H,7-8H2,1-2H3,(H,15,16). The van der Waals surface area contributed by atoms with Gasteiger partial charge < -0.3 is 10.6 Å². The maximum absolute atomic E-state index is 10.6. The van der Waals surface area contributed by atoms with Gasteiger partial charge in [0, 0.05) is 31.1 Å². The van der Waals surface area contributed by atoms with Crippen molar-refractivity contribution in [3.05, 3.63) is 34.9 Å². The van der Waals surface area contributed by atoms with E-state index in [1.54, 1.807) is 0 Å². The molecule has 16 heavy (non-hydrogen) atoms. The lowest BCUT2D eigenvalue weighted by Gasteiger charge is -2.14. The fraction of sp³-hybridized carbons (Fsp3) is 0.417. The highest BCUT2D eigenvalue weighted by Gasteiger charge is 2.03. The first kappa shape index (κ1) is 13.0. The molecule has 2 N–H and O–H groups in total. The van der Waals surface area contributed by atoms with Crippen molar-refractivity contribution in [2.24, 2.45) is 0 Å². The number of halogens is 1. The molecule has 0 radical (unpaired) electrons. The lowest BCUT2D eigenvalue weighted by atomic mass is 10.1. The number of hydrogen-bond donors (Lipinski definition) is 2. The second kappa shape index (κ2) is 6.51. The minimum atomic E-state index is 0.000876. The Balaban J connectivity index is 2.32. The van der Waals surface area contributed by atoms with E-state index in [9.17, 15) is 4.79 Å². The average molecular weight is 241 g/mol. The summed E-state index contributed by atoms with van der Waals surface area (Å²) in [5.74, 6) is 0.000876. The molecule has 1 rings (SSSR count). The van der Waals surface area contributed by atoms with Crippen molar-refractivity contribution in [1.29, 1.82) is 0 Å². The van der Waals surface area contributed by atoms with Crippen LogP contribution >= 0.6 is 11.6 Å². The smallest absolute Gasteiger partial charge is 0.216 e. The van der Waals surface area contributed by atoms with Gasteiger partial charge in [-0.15, -0.1) is 0 Å². The quantitative estimate of drug-likeness (QED) is 0.775. The van der Waals surface area contributed by atoms with Crippen LogP contribution in [0.15, 0.2) is 24.3 Å². The van der Waals surface area contributed by atoms with Gasteiger partial charge in [0.15, 0.2) is 0 Å². The van der Waals surface area contributed by atoms with Crippen LogP contribution in [0.25, 0.3) is 0 Å². The minimum Gasteiger partial charge on any atom is -0.355 e. The van der Waals surface area contributed by atoms with Gasteiger partial charge in [-0.25, -0.2) is 0 Å². The van der Waals surface area contributed by atoms with Gasteiger partial charge in [0.2, 0.25) is 5.91 Å². The fourth-order valence-electron chi connectivity index (χ4n) is 1.40. The van der Waals surface area contributed by atoms with Gasteiger partial charge in [0.25, 0.3) is 0 Å². The molecule has 0 aromatic heterocycles. The van der Waals surface area contributed by atoms with Crippen molar-refractivity contribution in [1.82, 2.24) is 10.6 Å². The molecule has 0 aliphatic heterocycles. The lowest BCUT2D eigenvalue weighted by molar-refractivity contribution is -0.118. The first-order valence-electron chi connectivity index (χ1n) is 5.33. The summed E-state index contributed by atoms with van der Waals surface area (Å²) < 4.78 is 0. The Labute approximate surface area is 101 Å². The lowest BCUT2D eigenvalue weighted by Crippen LogP contribution is -2.31. The summed E-state index contributed by atoms with van der Waals surface area (Å²) in [6, 6.07) is 8.01. The number of rotatable bonds is 5. The Morgan fingerprint density at radius 2 is 1.94 bits per heavy atom. The largest absolute Gasteiger partial charge is 0.355 e. The van der Waals surface area contributed by atoms with E-state index in [0.717, 1.165) is 11.6 Å². The van der Waals surface area contributed by atoms with E-state index < -0.39 is 0 Å². The van der Waals surface area contributed by atoms with Crippen LogP contribution in [0.5, 0.6) is 0 Å². The molecule has 1 unspecified atom stereocenters. The molecule has 0 spiro atoms. The third-order valence-corrected chi connectivity index (χ3v) is 2.57. The summed E-state index contributed by atoms with van der Waals surface area (Å²) in [5.41, 5.74) is 1.19. The van der Waals surface area contributed by atoms with Crippen molar-refractivity contribution in [3.63, 3.8) is 0 Å². The molecule has 0 aliphatic rings. The predicted molar refractivity (Wildman–Crippen MR) is 66.6 cm³/mol. The number of hydrogen-bond acceptors (Lipinski definition) is 2. The summed E-state index contributed by atoms with van der Waals surface area (Å²) in [4.78, 5) is 10.6. The van der Waals surface area contributed by atoms with E-state index in [1.807, 2.05) is 24.3 Å². The van der Waals surface area contributed by atoms with E-state index >= 15 is 0 Å². The molecule has 1 aromatic carbocycles. The molecule has 0 heterocycles. The van der Waals surface area contributed by atoms with Gasteiger partial charge in [0.1, 0.15) is 0 Å². The summed E-state index contributed by atoms with van der Waals surface area (Å²) in [7, 11) is 0. The van der Waals surface area contributed by atoms with Crippen molar-refractivity contribution in [2.45, 2.75) is 19.9 Å². The summed E-state index contributed by atoms with van der Waals surface area (Å²) >= 11 is 5.81. The molecule has 88 valence electrons. The molecule has 1 atom stereocenters. The zero-order valence-electron chi connectivity index (χ0n) is 9.59. The summed E-state index contributed by atoms with van der Waals surface area (Å²) in [6.07, 6.45) is 0. The third-order valence-electron chi connectivity index (χ3n) is 2.32. The molecule has 0 bridgehead atoms. The van der Waals surface area contributed by atoms with Gasteiger partial charge in [-0.3, -0.25) is 4.79 Å². The van der Waals surface area contributed by atoms with Crippen molar-refractivity contribution < 1.29 is 4.79 Å². The van der Waals surface area contributed by atoms with Gasteiger partial charge in [-0.1, -0.05) is 23.7 Å². The highest BCUT2D eigenvalue weighted by molar-refractivity contribution is 6.30. The SMILES string of the molecule is CC(=O)NCCNC(C)c1ccc(Cl)cc1. The number of benzene rings is 1. The summed E-state index contributed by atoms with van der Waals surface area (Å²) in [5, 5.41) is 6.80. The Morgan fingerprint density at radius 3 is 2.50 bits per heavy atom. The van der Waals surface area contributed by atoms with Gasteiger partial charge in [-0.2, -0.15) is 0 Å². The summed E-state index contributed by atoms with van der Waals surface area (Å²) in [6.45, 7) is 5.00. The number of carbonyl (C=O) groups excluding carboxylic acids is 1. The predicted octanol–water partition coefficient (Wildman–Crippen LogP) is 2.13. The number of carbonyl (C=O) groups is 1. The molecular formula is C12H17ClN2O. The van der Waals surface area contributed by atoms with Crippen molar-refractivity contribution >= 4 is 17.5 Å². The zero-order valence-corrected chi connectivity index (χ0v) is 10.3. The number of nitrogens with one attached hydrogen (secondary N) is 2. The molecule has 4 heteroatoms.